The lowest BCUT2D eigenvalue weighted by Crippen LogP contribution is -2.37. The van der Waals surface area contributed by atoms with Crippen LogP contribution in [0.15, 0.2) is 0 Å². The molecule has 0 spiro atoms. The van der Waals surface area contributed by atoms with E-state index in [0.717, 1.165) is 25.1 Å². The lowest BCUT2D eigenvalue weighted by Gasteiger charge is -2.22. The van der Waals surface area contributed by atoms with Gasteiger partial charge in [0, 0.05) is 19.5 Å². The molecule has 0 saturated heterocycles. The first-order chi connectivity index (χ1) is 9.92. The first-order valence-electron chi connectivity index (χ1n) is 7.84. The van der Waals surface area contributed by atoms with Crippen LogP contribution in [0.4, 0.5) is 5.69 Å². The van der Waals surface area contributed by atoms with Crippen LogP contribution in [0.1, 0.15) is 51.9 Å². The van der Waals surface area contributed by atoms with Gasteiger partial charge in [-0.15, -0.1) is 0 Å². The van der Waals surface area contributed by atoms with E-state index in [0.29, 0.717) is 24.5 Å². The summed E-state index contributed by atoms with van der Waals surface area (Å²) in [6, 6.07) is 0.230. The van der Waals surface area contributed by atoms with Crippen LogP contribution in [-0.2, 0) is 19.9 Å². The minimum absolute atomic E-state index is 0.211. The molecule has 6 nitrogen and oxygen atoms in total. The van der Waals surface area contributed by atoms with Crippen LogP contribution in [0.2, 0.25) is 0 Å². The average molecular weight is 296 g/mol. The maximum Gasteiger partial charge on any atom is 0.313 e. The Balaban J connectivity index is 3.07. The molecule has 0 aromatic carbocycles. The largest absolute Gasteiger partial charge is 0.313 e. The molecule has 1 unspecified atom stereocenters. The SMILES string of the molecule is CCCNC(Cc1c([N+](=O)[O-])c(CCC)nn1C)C(C)C. The van der Waals surface area contributed by atoms with Gasteiger partial charge < -0.3 is 5.32 Å². The van der Waals surface area contributed by atoms with Gasteiger partial charge in [0.05, 0.1) is 4.92 Å². The summed E-state index contributed by atoms with van der Waals surface area (Å²) in [6.45, 7) is 9.34. The topological polar surface area (TPSA) is 73.0 Å². The summed E-state index contributed by atoms with van der Waals surface area (Å²) in [7, 11) is 1.80. The molecule has 0 amide bonds. The number of rotatable bonds is 9. The minimum Gasteiger partial charge on any atom is -0.313 e. The normalized spacial score (nSPS) is 12.9. The second-order valence-electron chi connectivity index (χ2n) is 5.88. The van der Waals surface area contributed by atoms with Crippen molar-refractivity contribution in [2.24, 2.45) is 13.0 Å². The van der Waals surface area contributed by atoms with Gasteiger partial charge >= 0.3 is 5.69 Å². The standard InChI is InChI=1S/C15H28N4O2/c1-6-8-12-15(19(20)21)14(18(5)17-12)10-13(11(3)4)16-9-7-2/h11,13,16H,6-10H2,1-5H3. The summed E-state index contributed by atoms with van der Waals surface area (Å²) in [5.41, 5.74) is 1.55. The Bertz CT molecular complexity index is 468. The highest BCUT2D eigenvalue weighted by molar-refractivity contribution is 5.42. The van der Waals surface area contributed by atoms with E-state index < -0.39 is 0 Å². The summed E-state index contributed by atoms with van der Waals surface area (Å²) < 4.78 is 1.69. The Morgan fingerprint density at radius 3 is 2.48 bits per heavy atom. The van der Waals surface area contributed by atoms with Crippen molar-refractivity contribution in [1.29, 1.82) is 0 Å². The fraction of sp³-hybridized carbons (Fsp3) is 0.800. The number of hydrogen-bond donors (Lipinski definition) is 1. The molecule has 0 radical (unpaired) electrons. The lowest BCUT2D eigenvalue weighted by molar-refractivity contribution is -0.386. The van der Waals surface area contributed by atoms with Crippen LogP contribution in [-0.4, -0.2) is 27.3 Å². The highest BCUT2D eigenvalue weighted by Gasteiger charge is 2.28. The molecule has 1 aromatic heterocycles. The molecule has 1 rings (SSSR count). The Kier molecular flexibility index (Phi) is 6.81. The van der Waals surface area contributed by atoms with E-state index in [1.807, 2.05) is 6.92 Å². The molecule has 21 heavy (non-hydrogen) atoms. The molecule has 1 atom stereocenters. The molecule has 1 aromatic rings. The number of aryl methyl sites for hydroxylation is 2. The van der Waals surface area contributed by atoms with Gasteiger partial charge in [0.25, 0.3) is 0 Å². The molecule has 0 saturated carbocycles. The van der Waals surface area contributed by atoms with Gasteiger partial charge in [-0.2, -0.15) is 5.10 Å². The van der Waals surface area contributed by atoms with Crippen molar-refractivity contribution in [3.05, 3.63) is 21.5 Å². The second kappa shape index (κ2) is 8.12. The molecule has 1 heterocycles. The van der Waals surface area contributed by atoms with E-state index in [2.05, 4.69) is 31.2 Å². The molecule has 1 N–H and O–H groups in total. The second-order valence-corrected chi connectivity index (χ2v) is 5.88. The summed E-state index contributed by atoms with van der Waals surface area (Å²) in [5, 5.41) is 19.3. The van der Waals surface area contributed by atoms with E-state index in [1.165, 1.54) is 0 Å². The van der Waals surface area contributed by atoms with Gasteiger partial charge in [-0.05, 0) is 25.3 Å². The number of nitro groups is 1. The number of nitrogens with zero attached hydrogens (tertiary/aromatic N) is 3. The highest BCUT2D eigenvalue weighted by Crippen LogP contribution is 2.26. The van der Waals surface area contributed by atoms with Crippen molar-refractivity contribution in [1.82, 2.24) is 15.1 Å². The van der Waals surface area contributed by atoms with Crippen molar-refractivity contribution in [2.75, 3.05) is 6.54 Å². The predicted octanol–water partition coefficient (Wildman–Crippen LogP) is 2.85. The Morgan fingerprint density at radius 2 is 2.00 bits per heavy atom. The van der Waals surface area contributed by atoms with Gasteiger partial charge in [0.2, 0.25) is 0 Å². The zero-order valence-electron chi connectivity index (χ0n) is 13.8. The molecule has 0 aliphatic heterocycles. The summed E-state index contributed by atoms with van der Waals surface area (Å²) >= 11 is 0. The third-order valence-electron chi connectivity index (χ3n) is 3.75. The summed E-state index contributed by atoms with van der Waals surface area (Å²) in [5.74, 6) is 0.417. The van der Waals surface area contributed by atoms with E-state index >= 15 is 0 Å². The van der Waals surface area contributed by atoms with Crippen molar-refractivity contribution in [3.8, 4) is 0 Å². The smallest absolute Gasteiger partial charge is 0.313 e. The number of nitrogens with one attached hydrogen (secondary N) is 1. The fourth-order valence-corrected chi connectivity index (χ4v) is 2.53. The number of aromatic nitrogens is 2. The molecule has 0 aliphatic carbocycles. The van der Waals surface area contributed by atoms with Gasteiger partial charge in [0.1, 0.15) is 11.4 Å². The zero-order chi connectivity index (χ0) is 16.0. The molecule has 6 heteroatoms. The van der Waals surface area contributed by atoms with Crippen LogP contribution in [0, 0.1) is 16.0 Å². The maximum absolute atomic E-state index is 11.4. The first-order valence-corrected chi connectivity index (χ1v) is 7.84. The van der Waals surface area contributed by atoms with Crippen molar-refractivity contribution < 1.29 is 4.92 Å². The molecule has 0 aliphatic rings. The van der Waals surface area contributed by atoms with E-state index in [4.69, 9.17) is 0 Å². The third-order valence-corrected chi connectivity index (χ3v) is 3.75. The van der Waals surface area contributed by atoms with Crippen LogP contribution >= 0.6 is 0 Å². The van der Waals surface area contributed by atoms with Crippen molar-refractivity contribution in [2.45, 2.75) is 59.4 Å². The fourth-order valence-electron chi connectivity index (χ4n) is 2.53. The lowest BCUT2D eigenvalue weighted by atomic mass is 9.98. The summed E-state index contributed by atoms with van der Waals surface area (Å²) in [4.78, 5) is 11.2. The van der Waals surface area contributed by atoms with E-state index in [1.54, 1.807) is 11.7 Å². The average Bonchev–Trinajstić information content (AvgIpc) is 2.70. The molecular formula is C15H28N4O2. The Hall–Kier alpha value is -1.43. The van der Waals surface area contributed by atoms with E-state index in [9.17, 15) is 10.1 Å². The van der Waals surface area contributed by atoms with Gasteiger partial charge in [-0.25, -0.2) is 0 Å². The molecular weight excluding hydrogens is 268 g/mol. The molecule has 0 bridgehead atoms. The highest BCUT2D eigenvalue weighted by atomic mass is 16.6. The monoisotopic (exact) mass is 296 g/mol. The summed E-state index contributed by atoms with van der Waals surface area (Å²) in [6.07, 6.45) is 3.21. The van der Waals surface area contributed by atoms with Crippen LogP contribution in [0.25, 0.3) is 0 Å². The first kappa shape index (κ1) is 17.6. The zero-order valence-corrected chi connectivity index (χ0v) is 13.8. The van der Waals surface area contributed by atoms with Gasteiger partial charge in [-0.3, -0.25) is 14.8 Å². The number of hydrogen-bond acceptors (Lipinski definition) is 4. The van der Waals surface area contributed by atoms with Crippen molar-refractivity contribution in [3.63, 3.8) is 0 Å². The predicted molar refractivity (Wildman–Crippen MR) is 84.5 cm³/mol. The van der Waals surface area contributed by atoms with Gasteiger partial charge in [0.15, 0.2) is 0 Å². The minimum atomic E-state index is -0.273. The van der Waals surface area contributed by atoms with Crippen LogP contribution < -0.4 is 5.32 Å². The Morgan fingerprint density at radius 1 is 1.33 bits per heavy atom. The van der Waals surface area contributed by atoms with Crippen molar-refractivity contribution >= 4 is 5.69 Å². The Labute approximate surface area is 127 Å². The third kappa shape index (κ3) is 4.52. The molecule has 120 valence electrons. The van der Waals surface area contributed by atoms with Gasteiger partial charge in [-0.1, -0.05) is 34.1 Å². The van der Waals surface area contributed by atoms with Crippen LogP contribution in [0.3, 0.4) is 0 Å². The van der Waals surface area contributed by atoms with E-state index in [-0.39, 0.29) is 16.7 Å². The van der Waals surface area contributed by atoms with Crippen LogP contribution in [0.5, 0.6) is 0 Å². The quantitative estimate of drug-likeness (QED) is 0.562. The molecule has 0 fully saturated rings. The maximum atomic E-state index is 11.4.